The summed E-state index contributed by atoms with van der Waals surface area (Å²) in [6.45, 7) is 0. The van der Waals surface area contributed by atoms with E-state index in [4.69, 9.17) is 0 Å². The van der Waals surface area contributed by atoms with Crippen molar-refractivity contribution < 1.29 is 0 Å². The fraction of sp³-hybridized carbons (Fsp3) is 0. The van der Waals surface area contributed by atoms with Gasteiger partial charge < -0.3 is 4.90 Å². The van der Waals surface area contributed by atoms with Crippen LogP contribution in [0.5, 0.6) is 0 Å². The van der Waals surface area contributed by atoms with Crippen molar-refractivity contribution in [1.29, 1.82) is 0 Å². The second-order valence-electron chi connectivity index (χ2n) is 14.9. The van der Waals surface area contributed by atoms with E-state index < -0.39 is 0 Å². The molecule has 10 aromatic rings. The van der Waals surface area contributed by atoms with Gasteiger partial charge in [0.1, 0.15) is 0 Å². The molecule has 0 atom stereocenters. The maximum absolute atomic E-state index is 2.39. The highest BCUT2D eigenvalue weighted by Gasteiger charge is 2.18. The predicted octanol–water partition coefficient (Wildman–Crippen LogP) is 16.3. The molecule has 0 unspecified atom stereocenters. The summed E-state index contributed by atoms with van der Waals surface area (Å²) in [5.41, 5.74) is 17.7. The minimum absolute atomic E-state index is 1.09. The van der Waals surface area contributed by atoms with Crippen LogP contribution in [0.25, 0.3) is 77.5 Å². The Balaban J connectivity index is 1.05. The van der Waals surface area contributed by atoms with E-state index in [0.29, 0.717) is 0 Å². The van der Waals surface area contributed by atoms with Gasteiger partial charge in [-0.3, -0.25) is 0 Å². The normalized spacial score (nSPS) is 11.1. The van der Waals surface area contributed by atoms with Crippen molar-refractivity contribution in [2.75, 3.05) is 4.90 Å². The molecule has 1 heteroatoms. The SMILES string of the molecule is c1ccc(-c2ccc(N(c3ccc(-c4cccc5cccc(-c6ccccc6)c45)cc3)c3ccccc3-c3ccc(-c4cccc(-c5ccccc5)c4)cc3)cc2)cc1. The molecule has 0 saturated carbocycles. The molecule has 0 spiro atoms. The molecule has 0 radical (unpaired) electrons. The van der Waals surface area contributed by atoms with Gasteiger partial charge in [0.05, 0.1) is 5.69 Å². The van der Waals surface area contributed by atoms with Gasteiger partial charge in [-0.25, -0.2) is 0 Å². The van der Waals surface area contributed by atoms with E-state index in [1.54, 1.807) is 0 Å². The second-order valence-corrected chi connectivity index (χ2v) is 14.9. The molecule has 0 saturated heterocycles. The minimum atomic E-state index is 1.09. The Morgan fingerprint density at radius 1 is 0.220 bits per heavy atom. The molecule has 0 fully saturated rings. The Bertz CT molecular complexity index is 2980. The summed E-state index contributed by atoms with van der Waals surface area (Å²) in [6, 6.07) is 89.7. The minimum Gasteiger partial charge on any atom is -0.310 e. The topological polar surface area (TPSA) is 3.24 Å². The summed E-state index contributed by atoms with van der Waals surface area (Å²) >= 11 is 0. The third kappa shape index (κ3) is 7.23. The van der Waals surface area contributed by atoms with Crippen molar-refractivity contribution in [3.05, 3.63) is 249 Å². The summed E-state index contributed by atoms with van der Waals surface area (Å²) in [5, 5.41) is 2.50. The number of rotatable bonds is 9. The molecule has 0 aromatic heterocycles. The van der Waals surface area contributed by atoms with E-state index in [9.17, 15) is 0 Å². The molecule has 278 valence electrons. The van der Waals surface area contributed by atoms with Crippen LogP contribution in [0, 0.1) is 0 Å². The molecule has 0 N–H and O–H groups in total. The van der Waals surface area contributed by atoms with Gasteiger partial charge in [-0.1, -0.05) is 212 Å². The largest absolute Gasteiger partial charge is 0.310 e. The van der Waals surface area contributed by atoms with Crippen LogP contribution in [0.4, 0.5) is 17.1 Å². The van der Waals surface area contributed by atoms with Gasteiger partial charge in [0.15, 0.2) is 0 Å². The van der Waals surface area contributed by atoms with E-state index in [2.05, 4.69) is 254 Å². The van der Waals surface area contributed by atoms with E-state index in [1.807, 2.05) is 0 Å². The summed E-state index contributed by atoms with van der Waals surface area (Å²) in [7, 11) is 0. The molecule has 10 aromatic carbocycles. The summed E-state index contributed by atoms with van der Waals surface area (Å²) in [4.78, 5) is 2.39. The van der Waals surface area contributed by atoms with E-state index in [1.165, 1.54) is 66.4 Å². The molecule has 0 aliphatic carbocycles. The van der Waals surface area contributed by atoms with Crippen LogP contribution in [-0.2, 0) is 0 Å². The van der Waals surface area contributed by atoms with Crippen molar-refractivity contribution in [2.24, 2.45) is 0 Å². The molecule has 0 aliphatic heterocycles. The third-order valence-corrected chi connectivity index (χ3v) is 11.3. The summed E-state index contributed by atoms with van der Waals surface area (Å²) in [5.74, 6) is 0. The van der Waals surface area contributed by atoms with Crippen LogP contribution in [0.15, 0.2) is 249 Å². The number of benzene rings is 10. The van der Waals surface area contributed by atoms with Gasteiger partial charge in [0, 0.05) is 16.9 Å². The Morgan fingerprint density at radius 2 is 0.559 bits per heavy atom. The first-order valence-electron chi connectivity index (χ1n) is 20.3. The standard InChI is InChI=1S/C58H41N/c1-4-15-42(16-5-1)44-33-37-52(38-34-44)59(53-39-35-48(36-40-53)56-27-14-22-49-21-13-26-55(58(49)56)46-19-8-3-9-20-46)57-28-11-10-25-54(57)47-31-29-45(30-32-47)51-24-12-23-50(41-51)43-17-6-2-7-18-43/h1-41H. The lowest BCUT2D eigenvalue weighted by atomic mass is 9.91. The van der Waals surface area contributed by atoms with Crippen LogP contribution in [0.1, 0.15) is 0 Å². The van der Waals surface area contributed by atoms with Crippen molar-refractivity contribution in [1.82, 2.24) is 0 Å². The first-order chi connectivity index (χ1) is 29.3. The number of hydrogen-bond acceptors (Lipinski definition) is 1. The van der Waals surface area contributed by atoms with Gasteiger partial charge in [-0.15, -0.1) is 0 Å². The Labute approximate surface area is 346 Å². The lowest BCUT2D eigenvalue weighted by Crippen LogP contribution is -2.11. The zero-order valence-electron chi connectivity index (χ0n) is 32.6. The average molecular weight is 752 g/mol. The zero-order valence-corrected chi connectivity index (χ0v) is 32.6. The Hall–Kier alpha value is -7.74. The lowest BCUT2D eigenvalue weighted by molar-refractivity contribution is 1.28. The molecule has 0 aliphatic rings. The molecule has 0 bridgehead atoms. The summed E-state index contributed by atoms with van der Waals surface area (Å²) in [6.07, 6.45) is 0. The van der Waals surface area contributed by atoms with Gasteiger partial charge in [-0.2, -0.15) is 0 Å². The first-order valence-corrected chi connectivity index (χ1v) is 20.3. The van der Waals surface area contributed by atoms with E-state index in [-0.39, 0.29) is 0 Å². The molecule has 0 amide bonds. The second kappa shape index (κ2) is 16.0. The van der Waals surface area contributed by atoms with Gasteiger partial charge in [0.2, 0.25) is 0 Å². The first kappa shape index (κ1) is 35.7. The van der Waals surface area contributed by atoms with E-state index in [0.717, 1.165) is 28.2 Å². The predicted molar refractivity (Wildman–Crippen MR) is 251 cm³/mol. The fourth-order valence-corrected chi connectivity index (χ4v) is 8.35. The lowest BCUT2D eigenvalue weighted by Gasteiger charge is -2.28. The highest BCUT2D eigenvalue weighted by Crippen LogP contribution is 2.43. The Kier molecular flexibility index (Phi) is 9.68. The summed E-state index contributed by atoms with van der Waals surface area (Å²) < 4.78 is 0. The number of hydrogen-bond donors (Lipinski definition) is 0. The number of fused-ring (bicyclic) bond motifs is 1. The highest BCUT2D eigenvalue weighted by atomic mass is 15.1. The van der Waals surface area contributed by atoms with Crippen LogP contribution >= 0.6 is 0 Å². The molecule has 0 heterocycles. The molecular weight excluding hydrogens is 711 g/mol. The Morgan fingerprint density at radius 3 is 1.14 bits per heavy atom. The van der Waals surface area contributed by atoms with Gasteiger partial charge in [-0.05, 0) is 108 Å². The quantitative estimate of drug-likeness (QED) is 0.142. The van der Waals surface area contributed by atoms with Crippen molar-refractivity contribution >= 4 is 27.8 Å². The van der Waals surface area contributed by atoms with E-state index >= 15 is 0 Å². The van der Waals surface area contributed by atoms with Gasteiger partial charge >= 0.3 is 0 Å². The van der Waals surface area contributed by atoms with Gasteiger partial charge in [0.25, 0.3) is 0 Å². The monoisotopic (exact) mass is 751 g/mol. The maximum Gasteiger partial charge on any atom is 0.0540 e. The zero-order chi connectivity index (χ0) is 39.4. The van der Waals surface area contributed by atoms with Crippen LogP contribution in [-0.4, -0.2) is 0 Å². The maximum atomic E-state index is 2.39. The number of nitrogens with zero attached hydrogens (tertiary/aromatic N) is 1. The van der Waals surface area contributed by atoms with Crippen molar-refractivity contribution in [3.63, 3.8) is 0 Å². The van der Waals surface area contributed by atoms with Crippen LogP contribution in [0.2, 0.25) is 0 Å². The van der Waals surface area contributed by atoms with Crippen LogP contribution < -0.4 is 4.90 Å². The van der Waals surface area contributed by atoms with Crippen molar-refractivity contribution in [3.8, 4) is 66.8 Å². The number of para-hydroxylation sites is 1. The highest BCUT2D eigenvalue weighted by molar-refractivity contribution is 6.06. The molecule has 10 rings (SSSR count). The smallest absolute Gasteiger partial charge is 0.0540 e. The average Bonchev–Trinajstić information content (AvgIpc) is 3.33. The number of anilines is 3. The fourth-order valence-electron chi connectivity index (χ4n) is 8.35. The molecule has 59 heavy (non-hydrogen) atoms. The van der Waals surface area contributed by atoms with Crippen LogP contribution in [0.3, 0.4) is 0 Å². The molecule has 1 nitrogen and oxygen atoms in total. The molecular formula is C58H41N. The third-order valence-electron chi connectivity index (χ3n) is 11.3. The van der Waals surface area contributed by atoms with Crippen molar-refractivity contribution in [2.45, 2.75) is 0 Å².